The van der Waals surface area contributed by atoms with Crippen molar-refractivity contribution in [2.24, 2.45) is 5.92 Å². The minimum Gasteiger partial charge on any atom is -0.510 e. The van der Waals surface area contributed by atoms with Crippen molar-refractivity contribution < 1.29 is 9.84 Å². The third-order valence-corrected chi connectivity index (χ3v) is 4.80. The van der Waals surface area contributed by atoms with Crippen molar-refractivity contribution in [1.82, 2.24) is 9.80 Å². The first-order valence-electron chi connectivity index (χ1n) is 7.71. The molecule has 0 aromatic carbocycles. The topological polar surface area (TPSA) is 59.8 Å². The second kappa shape index (κ2) is 5.74. The number of nitrogens with one attached hydrogen (secondary N) is 1. The fraction of sp³-hybridized carbons (Fsp3) is 0.800. The van der Waals surface area contributed by atoms with Gasteiger partial charge in [-0.2, -0.15) is 0 Å². The van der Waals surface area contributed by atoms with Crippen molar-refractivity contribution in [1.29, 1.82) is 5.41 Å². The molecular formula is C15H25N3O2. The van der Waals surface area contributed by atoms with E-state index in [1.54, 1.807) is 0 Å². The van der Waals surface area contributed by atoms with Gasteiger partial charge in [-0.25, -0.2) is 0 Å². The Morgan fingerprint density at radius 3 is 2.70 bits per heavy atom. The Bertz CT molecular complexity index is 407. The highest BCUT2D eigenvalue weighted by molar-refractivity contribution is 5.99. The molecule has 5 nitrogen and oxygen atoms in total. The molecule has 0 spiro atoms. The molecule has 2 N–H and O–H groups in total. The number of hydrogen-bond donors (Lipinski definition) is 2. The van der Waals surface area contributed by atoms with Crippen LogP contribution in [-0.4, -0.2) is 66.7 Å². The first-order chi connectivity index (χ1) is 9.65. The van der Waals surface area contributed by atoms with Crippen molar-refractivity contribution in [2.45, 2.75) is 31.8 Å². The highest BCUT2D eigenvalue weighted by Gasteiger charge is 2.35. The average Bonchev–Trinajstić information content (AvgIpc) is 3.02. The predicted molar refractivity (Wildman–Crippen MR) is 78.1 cm³/mol. The summed E-state index contributed by atoms with van der Waals surface area (Å²) in [6.07, 6.45) is 4.53. The first kappa shape index (κ1) is 13.9. The molecule has 0 aromatic heterocycles. The van der Waals surface area contributed by atoms with Gasteiger partial charge in [-0.3, -0.25) is 5.41 Å². The maximum Gasteiger partial charge on any atom is 0.128 e. The van der Waals surface area contributed by atoms with Gasteiger partial charge in [0, 0.05) is 18.7 Å². The van der Waals surface area contributed by atoms with E-state index in [1.165, 1.54) is 0 Å². The summed E-state index contributed by atoms with van der Waals surface area (Å²) in [5.41, 5.74) is 0.899. The van der Waals surface area contributed by atoms with Crippen LogP contribution in [0.15, 0.2) is 11.3 Å². The van der Waals surface area contributed by atoms with E-state index in [9.17, 15) is 5.11 Å². The number of piperidine rings is 1. The second-order valence-corrected chi connectivity index (χ2v) is 6.30. The Morgan fingerprint density at radius 1 is 1.30 bits per heavy atom. The summed E-state index contributed by atoms with van der Waals surface area (Å²) >= 11 is 0. The van der Waals surface area contributed by atoms with Crippen LogP contribution in [0.2, 0.25) is 0 Å². The molecule has 1 atom stereocenters. The fourth-order valence-electron chi connectivity index (χ4n) is 3.57. The fourth-order valence-corrected chi connectivity index (χ4v) is 3.57. The molecule has 112 valence electrons. The second-order valence-electron chi connectivity index (χ2n) is 6.30. The van der Waals surface area contributed by atoms with Crippen LogP contribution in [0.4, 0.5) is 0 Å². The highest BCUT2D eigenvalue weighted by atomic mass is 16.5. The molecule has 3 aliphatic heterocycles. The van der Waals surface area contributed by atoms with E-state index in [4.69, 9.17) is 10.1 Å². The summed E-state index contributed by atoms with van der Waals surface area (Å²) in [4.78, 5) is 4.30. The SMILES string of the molecule is CN1CCC(C2=C(O)CN(CC3CCCO3)C2=N)CC1. The number of hydrogen-bond acceptors (Lipinski definition) is 4. The number of nitrogens with zero attached hydrogens (tertiary/aromatic N) is 2. The van der Waals surface area contributed by atoms with E-state index in [-0.39, 0.29) is 6.10 Å². The maximum absolute atomic E-state index is 10.3. The Hall–Kier alpha value is -1.07. The van der Waals surface area contributed by atoms with Gasteiger partial charge in [-0.05, 0) is 51.7 Å². The molecule has 3 rings (SSSR count). The van der Waals surface area contributed by atoms with Crippen molar-refractivity contribution in [3.05, 3.63) is 11.3 Å². The summed E-state index contributed by atoms with van der Waals surface area (Å²) in [5, 5.41) is 18.6. The van der Waals surface area contributed by atoms with Crippen LogP contribution in [0.25, 0.3) is 0 Å². The number of amidine groups is 1. The smallest absolute Gasteiger partial charge is 0.128 e. The van der Waals surface area contributed by atoms with E-state index in [2.05, 4.69) is 11.9 Å². The monoisotopic (exact) mass is 279 g/mol. The van der Waals surface area contributed by atoms with Gasteiger partial charge in [-0.15, -0.1) is 0 Å². The molecular weight excluding hydrogens is 254 g/mol. The van der Waals surface area contributed by atoms with Crippen molar-refractivity contribution in [3.63, 3.8) is 0 Å². The van der Waals surface area contributed by atoms with E-state index < -0.39 is 0 Å². The van der Waals surface area contributed by atoms with Gasteiger partial charge in [0.2, 0.25) is 0 Å². The average molecular weight is 279 g/mol. The van der Waals surface area contributed by atoms with Gasteiger partial charge in [0.1, 0.15) is 11.6 Å². The Labute approximate surface area is 120 Å². The van der Waals surface area contributed by atoms with Crippen LogP contribution in [0.1, 0.15) is 25.7 Å². The number of likely N-dealkylation sites (tertiary alicyclic amines) is 1. The molecule has 5 heteroatoms. The van der Waals surface area contributed by atoms with Crippen LogP contribution in [0.3, 0.4) is 0 Å². The van der Waals surface area contributed by atoms with E-state index in [0.29, 0.717) is 24.1 Å². The summed E-state index contributed by atoms with van der Waals surface area (Å²) < 4.78 is 5.65. The summed E-state index contributed by atoms with van der Waals surface area (Å²) in [7, 11) is 2.13. The van der Waals surface area contributed by atoms with Gasteiger partial charge >= 0.3 is 0 Å². The minimum absolute atomic E-state index is 0.236. The summed E-state index contributed by atoms with van der Waals surface area (Å²) in [5.74, 6) is 1.31. The van der Waals surface area contributed by atoms with Crippen LogP contribution in [-0.2, 0) is 4.74 Å². The number of aliphatic hydroxyl groups is 1. The Morgan fingerprint density at radius 2 is 2.05 bits per heavy atom. The van der Waals surface area contributed by atoms with Gasteiger partial charge in [0.15, 0.2) is 0 Å². The minimum atomic E-state index is 0.236. The van der Waals surface area contributed by atoms with Crippen LogP contribution < -0.4 is 0 Å². The lowest BCUT2D eigenvalue weighted by atomic mass is 9.88. The Kier molecular flexibility index (Phi) is 3.98. The Balaban J connectivity index is 1.63. The van der Waals surface area contributed by atoms with Crippen molar-refractivity contribution in [3.8, 4) is 0 Å². The summed E-state index contributed by atoms with van der Waals surface area (Å²) in [6, 6.07) is 0. The molecule has 0 aliphatic carbocycles. The van der Waals surface area contributed by atoms with Gasteiger partial charge in [0.25, 0.3) is 0 Å². The van der Waals surface area contributed by atoms with Gasteiger partial charge < -0.3 is 19.6 Å². The molecule has 0 bridgehead atoms. The molecule has 1 unspecified atom stereocenters. The van der Waals surface area contributed by atoms with Gasteiger partial charge in [-0.1, -0.05) is 0 Å². The molecule has 2 fully saturated rings. The van der Waals surface area contributed by atoms with E-state index >= 15 is 0 Å². The summed E-state index contributed by atoms with van der Waals surface area (Å²) in [6.45, 7) is 4.20. The number of aliphatic hydroxyl groups excluding tert-OH is 1. The normalized spacial score (nSPS) is 29.8. The van der Waals surface area contributed by atoms with E-state index in [0.717, 1.165) is 57.5 Å². The zero-order valence-electron chi connectivity index (χ0n) is 12.3. The zero-order chi connectivity index (χ0) is 14.1. The highest BCUT2D eigenvalue weighted by Crippen LogP contribution is 2.32. The molecule has 0 saturated carbocycles. The maximum atomic E-state index is 10.3. The molecule has 0 radical (unpaired) electrons. The largest absolute Gasteiger partial charge is 0.510 e. The molecule has 20 heavy (non-hydrogen) atoms. The molecule has 0 aromatic rings. The van der Waals surface area contributed by atoms with Crippen LogP contribution in [0, 0.1) is 11.3 Å². The molecule has 3 aliphatic rings. The van der Waals surface area contributed by atoms with Crippen molar-refractivity contribution >= 4 is 5.84 Å². The lowest BCUT2D eigenvalue weighted by molar-refractivity contribution is 0.0923. The number of rotatable bonds is 3. The molecule has 0 amide bonds. The first-order valence-corrected chi connectivity index (χ1v) is 7.71. The zero-order valence-corrected chi connectivity index (χ0v) is 12.3. The van der Waals surface area contributed by atoms with E-state index in [1.807, 2.05) is 4.90 Å². The lowest BCUT2D eigenvalue weighted by Crippen LogP contribution is -2.37. The van der Waals surface area contributed by atoms with Gasteiger partial charge in [0.05, 0.1) is 12.6 Å². The third kappa shape index (κ3) is 2.69. The standard InChI is InChI=1S/C15H25N3O2/c1-17-6-4-11(5-7-17)14-13(19)10-18(15(14)16)9-12-3-2-8-20-12/h11-12,16,19H,2-10H2,1H3. The third-order valence-electron chi connectivity index (χ3n) is 4.80. The molecule has 2 saturated heterocycles. The lowest BCUT2D eigenvalue weighted by Gasteiger charge is -2.30. The van der Waals surface area contributed by atoms with Crippen LogP contribution in [0.5, 0.6) is 0 Å². The predicted octanol–water partition coefficient (Wildman–Crippen LogP) is 1.61. The van der Waals surface area contributed by atoms with Crippen molar-refractivity contribution in [2.75, 3.05) is 39.8 Å². The van der Waals surface area contributed by atoms with Crippen LogP contribution >= 0.6 is 0 Å². The molecule has 3 heterocycles. The number of ether oxygens (including phenoxy) is 1. The quantitative estimate of drug-likeness (QED) is 0.824.